The summed E-state index contributed by atoms with van der Waals surface area (Å²) in [5.74, 6) is -0.369. The number of nitrogens with one attached hydrogen (secondary N) is 3. The number of hydroxylamine groups is 2. The molecule has 1 aliphatic rings. The van der Waals surface area contributed by atoms with Gasteiger partial charge in [0.05, 0.1) is 18.4 Å². The van der Waals surface area contributed by atoms with Crippen LogP contribution in [0.4, 0.5) is 17.5 Å². The molecule has 28 heavy (non-hydrogen) atoms. The zero-order valence-electron chi connectivity index (χ0n) is 17.1. The van der Waals surface area contributed by atoms with Crippen LogP contribution in [0, 0.1) is 5.41 Å². The SMILES string of the molecule is CON(C)C(=O)/C=C/C1=Nc2c(nc(NC(=O)C(C)(C)C)[nH]c2=O)NC1(C)C. The van der Waals surface area contributed by atoms with E-state index >= 15 is 0 Å². The molecule has 0 saturated carbocycles. The highest BCUT2D eigenvalue weighted by atomic mass is 16.7. The van der Waals surface area contributed by atoms with E-state index in [4.69, 9.17) is 4.84 Å². The summed E-state index contributed by atoms with van der Waals surface area (Å²) in [5.41, 5.74) is -1.32. The molecule has 0 saturated heterocycles. The van der Waals surface area contributed by atoms with Gasteiger partial charge in [-0.25, -0.2) is 10.1 Å². The molecule has 0 spiro atoms. The number of aromatic nitrogens is 2. The van der Waals surface area contributed by atoms with Crippen molar-refractivity contribution in [3.05, 3.63) is 22.5 Å². The Kier molecular flexibility index (Phi) is 5.74. The number of anilines is 2. The van der Waals surface area contributed by atoms with Gasteiger partial charge in [-0.1, -0.05) is 20.8 Å². The topological polar surface area (TPSA) is 129 Å². The molecule has 10 nitrogen and oxygen atoms in total. The molecule has 10 heteroatoms. The number of carbonyl (C=O) groups excluding carboxylic acids is 2. The van der Waals surface area contributed by atoms with Gasteiger partial charge in [0.2, 0.25) is 11.9 Å². The lowest BCUT2D eigenvalue weighted by atomic mass is 9.95. The van der Waals surface area contributed by atoms with Crippen molar-refractivity contribution in [1.29, 1.82) is 0 Å². The molecule has 0 bridgehead atoms. The minimum Gasteiger partial charge on any atom is -0.357 e. The van der Waals surface area contributed by atoms with Crippen molar-refractivity contribution in [3.63, 3.8) is 0 Å². The Morgan fingerprint density at radius 3 is 2.50 bits per heavy atom. The van der Waals surface area contributed by atoms with E-state index in [1.165, 1.54) is 26.3 Å². The van der Waals surface area contributed by atoms with Crippen molar-refractivity contribution in [1.82, 2.24) is 15.0 Å². The van der Waals surface area contributed by atoms with Crippen molar-refractivity contribution in [2.75, 3.05) is 24.8 Å². The minimum atomic E-state index is -0.707. The number of carbonyl (C=O) groups is 2. The van der Waals surface area contributed by atoms with Crippen molar-refractivity contribution in [2.45, 2.75) is 40.2 Å². The van der Waals surface area contributed by atoms with Crippen molar-refractivity contribution < 1.29 is 14.4 Å². The Bertz CT molecular complexity index is 908. The number of nitrogens with zero attached hydrogens (tertiary/aromatic N) is 3. The summed E-state index contributed by atoms with van der Waals surface area (Å²) in [4.78, 5) is 52.5. The maximum absolute atomic E-state index is 12.5. The Hall–Kier alpha value is -3.01. The van der Waals surface area contributed by atoms with E-state index < -0.39 is 16.5 Å². The summed E-state index contributed by atoms with van der Waals surface area (Å²) in [7, 11) is 2.86. The predicted octanol–water partition coefficient (Wildman–Crippen LogP) is 1.61. The normalized spacial score (nSPS) is 15.5. The van der Waals surface area contributed by atoms with E-state index in [0.29, 0.717) is 5.71 Å². The monoisotopic (exact) mass is 390 g/mol. The van der Waals surface area contributed by atoms with Crippen LogP contribution in [-0.4, -0.2) is 52.3 Å². The van der Waals surface area contributed by atoms with Crippen LogP contribution in [0.3, 0.4) is 0 Å². The first-order valence-corrected chi connectivity index (χ1v) is 8.68. The first-order chi connectivity index (χ1) is 12.8. The molecule has 0 fully saturated rings. The molecule has 2 rings (SSSR count). The largest absolute Gasteiger partial charge is 0.357 e. The van der Waals surface area contributed by atoms with E-state index in [9.17, 15) is 14.4 Å². The van der Waals surface area contributed by atoms with Gasteiger partial charge in [0, 0.05) is 18.5 Å². The molecule has 0 atom stereocenters. The number of likely N-dealkylation sites (N-methyl/N-ethyl adjacent to an activating group) is 1. The third kappa shape index (κ3) is 4.63. The smallest absolute Gasteiger partial charge is 0.280 e. The van der Waals surface area contributed by atoms with Crippen molar-refractivity contribution in [3.8, 4) is 0 Å². The highest BCUT2D eigenvalue weighted by Crippen LogP contribution is 2.30. The number of aromatic amines is 1. The maximum Gasteiger partial charge on any atom is 0.280 e. The van der Waals surface area contributed by atoms with Gasteiger partial charge in [-0.2, -0.15) is 4.98 Å². The van der Waals surface area contributed by atoms with Gasteiger partial charge in [0.15, 0.2) is 11.5 Å². The first kappa shape index (κ1) is 21.3. The first-order valence-electron chi connectivity index (χ1n) is 8.68. The second-order valence-electron chi connectivity index (χ2n) is 7.91. The van der Waals surface area contributed by atoms with E-state index in [1.54, 1.807) is 20.8 Å². The summed E-state index contributed by atoms with van der Waals surface area (Å²) >= 11 is 0. The zero-order chi connectivity index (χ0) is 21.3. The lowest BCUT2D eigenvalue weighted by molar-refractivity contribution is -0.162. The predicted molar refractivity (Wildman–Crippen MR) is 107 cm³/mol. The van der Waals surface area contributed by atoms with Gasteiger partial charge in [0.25, 0.3) is 11.5 Å². The fraction of sp³-hybridized carbons (Fsp3) is 0.500. The molecule has 0 radical (unpaired) electrons. The molecule has 3 N–H and O–H groups in total. The number of amides is 2. The summed E-state index contributed by atoms with van der Waals surface area (Å²) in [5, 5.41) is 6.79. The second-order valence-corrected chi connectivity index (χ2v) is 7.91. The Labute approximate surface area is 163 Å². The molecule has 0 unspecified atom stereocenters. The second kappa shape index (κ2) is 7.55. The fourth-order valence-electron chi connectivity index (χ4n) is 2.22. The summed E-state index contributed by atoms with van der Waals surface area (Å²) < 4.78 is 0. The van der Waals surface area contributed by atoms with Crippen LogP contribution in [-0.2, 0) is 14.4 Å². The van der Waals surface area contributed by atoms with E-state index in [2.05, 4.69) is 25.6 Å². The lowest BCUT2D eigenvalue weighted by Crippen LogP contribution is -2.43. The lowest BCUT2D eigenvalue weighted by Gasteiger charge is -2.31. The number of aliphatic imine (C=N–C) groups is 1. The zero-order valence-corrected chi connectivity index (χ0v) is 17.1. The number of hydrogen-bond acceptors (Lipinski definition) is 7. The van der Waals surface area contributed by atoms with Crippen molar-refractivity contribution in [2.24, 2.45) is 10.4 Å². The standard InChI is InChI=1S/C18H26N6O4/c1-17(2,3)15(27)22-16-20-13-12(14(26)21-16)19-10(18(4,5)23-13)8-9-11(25)24(6)28-7/h8-9H,1-7H3,(H3,20,21,22,23,26,27)/b9-8+. The average Bonchev–Trinajstić information content (AvgIpc) is 2.57. The number of H-pyrrole nitrogens is 1. The van der Waals surface area contributed by atoms with Gasteiger partial charge in [-0.15, -0.1) is 0 Å². The number of hydrogen-bond donors (Lipinski definition) is 3. The molecule has 152 valence electrons. The van der Waals surface area contributed by atoms with Crippen LogP contribution in [0.25, 0.3) is 0 Å². The molecule has 0 aromatic carbocycles. The van der Waals surface area contributed by atoms with Gasteiger partial charge in [-0.3, -0.25) is 29.5 Å². The van der Waals surface area contributed by atoms with Crippen LogP contribution in [0.1, 0.15) is 34.6 Å². The van der Waals surface area contributed by atoms with E-state index in [0.717, 1.165) is 5.06 Å². The quantitative estimate of drug-likeness (QED) is 0.529. The molecule has 2 amide bonds. The van der Waals surface area contributed by atoms with Crippen LogP contribution in [0.2, 0.25) is 0 Å². The molecule has 1 aromatic rings. The van der Waals surface area contributed by atoms with Crippen LogP contribution < -0.4 is 16.2 Å². The third-order valence-corrected chi connectivity index (χ3v) is 4.08. The van der Waals surface area contributed by atoms with Crippen LogP contribution in [0.15, 0.2) is 21.9 Å². The van der Waals surface area contributed by atoms with E-state index in [-0.39, 0.29) is 29.3 Å². The van der Waals surface area contributed by atoms with Crippen molar-refractivity contribution >= 4 is 35.0 Å². The van der Waals surface area contributed by atoms with Gasteiger partial charge < -0.3 is 5.32 Å². The Balaban J connectivity index is 2.39. The molecule has 2 heterocycles. The molecular weight excluding hydrogens is 364 g/mol. The fourth-order valence-corrected chi connectivity index (χ4v) is 2.22. The van der Waals surface area contributed by atoms with Crippen LogP contribution in [0.5, 0.6) is 0 Å². The van der Waals surface area contributed by atoms with Gasteiger partial charge >= 0.3 is 0 Å². The molecular formula is C18H26N6O4. The minimum absolute atomic E-state index is 0.0399. The molecule has 0 aliphatic carbocycles. The highest BCUT2D eigenvalue weighted by molar-refractivity contribution is 6.10. The van der Waals surface area contributed by atoms with E-state index in [1.807, 2.05) is 13.8 Å². The molecule has 1 aromatic heterocycles. The number of fused-ring (bicyclic) bond motifs is 1. The molecule has 1 aliphatic heterocycles. The highest BCUT2D eigenvalue weighted by Gasteiger charge is 2.31. The Morgan fingerprint density at radius 1 is 1.29 bits per heavy atom. The van der Waals surface area contributed by atoms with Gasteiger partial charge in [-0.05, 0) is 19.9 Å². The average molecular weight is 390 g/mol. The maximum atomic E-state index is 12.5. The third-order valence-electron chi connectivity index (χ3n) is 4.08. The number of rotatable bonds is 4. The summed E-state index contributed by atoms with van der Waals surface area (Å²) in [6.07, 6.45) is 2.82. The summed E-state index contributed by atoms with van der Waals surface area (Å²) in [6, 6.07) is 0. The van der Waals surface area contributed by atoms with Crippen LogP contribution >= 0.6 is 0 Å². The summed E-state index contributed by atoms with van der Waals surface area (Å²) in [6.45, 7) is 8.93. The Morgan fingerprint density at radius 2 is 1.93 bits per heavy atom. The van der Waals surface area contributed by atoms with Gasteiger partial charge in [0.1, 0.15) is 0 Å².